The highest BCUT2D eigenvalue weighted by atomic mass is 35.5. The minimum atomic E-state index is -0.648. The molecule has 7 heteroatoms. The summed E-state index contributed by atoms with van der Waals surface area (Å²) in [5.74, 6) is 0.572. The molecule has 1 atom stereocenters. The first kappa shape index (κ1) is 20.6. The maximum absolute atomic E-state index is 12.5. The Bertz CT molecular complexity index is 556. The summed E-state index contributed by atoms with van der Waals surface area (Å²) in [6.07, 6.45) is 4.16. The van der Waals surface area contributed by atoms with Crippen molar-refractivity contribution in [1.29, 1.82) is 0 Å². The Labute approximate surface area is 151 Å². The number of hydrogen-bond donors (Lipinski definition) is 2. The van der Waals surface area contributed by atoms with Crippen LogP contribution in [0.4, 0.5) is 10.5 Å². The van der Waals surface area contributed by atoms with Crippen molar-refractivity contribution in [2.24, 2.45) is 0 Å². The van der Waals surface area contributed by atoms with Gasteiger partial charge in [-0.3, -0.25) is 4.79 Å². The molecule has 0 radical (unpaired) electrons. The van der Waals surface area contributed by atoms with Crippen molar-refractivity contribution in [3.63, 3.8) is 0 Å². The molecule has 0 aromatic heterocycles. The summed E-state index contributed by atoms with van der Waals surface area (Å²) in [7, 11) is 0.174. The van der Waals surface area contributed by atoms with Gasteiger partial charge in [0.25, 0.3) is 0 Å². The lowest BCUT2D eigenvalue weighted by Crippen LogP contribution is -2.46. The molecule has 0 aliphatic rings. The van der Waals surface area contributed by atoms with Gasteiger partial charge in [-0.25, -0.2) is 4.79 Å². The predicted octanol–water partition coefficient (Wildman–Crippen LogP) is 3.44. The SMILES string of the molecule is C[S+](C)CC[C@H](NC(=O)OC(C)(C)C)C(=O)Nc1ccc(Cl)cc1. The number of amides is 2. The molecule has 0 unspecified atom stereocenters. The summed E-state index contributed by atoms with van der Waals surface area (Å²) in [5, 5.41) is 6.06. The summed E-state index contributed by atoms with van der Waals surface area (Å²) in [4.78, 5) is 24.5. The standard InChI is InChI=1S/C17H25ClN2O3S/c1-17(2,3)23-16(22)20-14(10-11-24(4)5)15(21)19-13-8-6-12(18)7-9-13/h6-9,14H,10-11H2,1-5H3,(H-,19,20,21,22)/p+1/t14-/m0/s1. The monoisotopic (exact) mass is 373 g/mol. The minimum Gasteiger partial charge on any atom is -0.444 e. The zero-order valence-corrected chi connectivity index (χ0v) is 16.4. The molecule has 0 saturated heterocycles. The number of anilines is 1. The number of ether oxygens (including phenoxy) is 1. The second-order valence-electron chi connectivity index (χ2n) is 6.67. The Kier molecular flexibility index (Phi) is 7.90. The molecule has 5 nitrogen and oxygen atoms in total. The number of hydrogen-bond acceptors (Lipinski definition) is 3. The molecule has 0 saturated carbocycles. The van der Waals surface area contributed by atoms with E-state index in [0.717, 1.165) is 5.75 Å². The van der Waals surface area contributed by atoms with Gasteiger partial charge in [0, 0.05) is 17.1 Å². The Morgan fingerprint density at radius 1 is 1.21 bits per heavy atom. The summed E-state index contributed by atoms with van der Waals surface area (Å²) in [5.41, 5.74) is 0.0218. The lowest BCUT2D eigenvalue weighted by atomic mass is 10.2. The zero-order valence-electron chi connectivity index (χ0n) is 14.8. The van der Waals surface area contributed by atoms with Gasteiger partial charge in [-0.05, 0) is 55.9 Å². The summed E-state index contributed by atoms with van der Waals surface area (Å²) < 4.78 is 5.25. The topological polar surface area (TPSA) is 67.4 Å². The molecule has 0 heterocycles. The van der Waals surface area contributed by atoms with E-state index in [0.29, 0.717) is 17.1 Å². The molecule has 2 N–H and O–H groups in total. The Morgan fingerprint density at radius 2 is 1.79 bits per heavy atom. The molecule has 0 spiro atoms. The maximum atomic E-state index is 12.5. The van der Waals surface area contributed by atoms with Crippen molar-refractivity contribution in [3.8, 4) is 0 Å². The van der Waals surface area contributed by atoms with Crippen LogP contribution in [-0.4, -0.2) is 41.9 Å². The van der Waals surface area contributed by atoms with E-state index in [1.807, 2.05) is 0 Å². The Morgan fingerprint density at radius 3 is 2.29 bits per heavy atom. The molecule has 1 rings (SSSR count). The van der Waals surface area contributed by atoms with E-state index in [-0.39, 0.29) is 16.8 Å². The minimum absolute atomic E-state index is 0.174. The van der Waals surface area contributed by atoms with Gasteiger partial charge in [-0.2, -0.15) is 0 Å². The van der Waals surface area contributed by atoms with Gasteiger partial charge in [-0.1, -0.05) is 11.6 Å². The fourth-order valence-corrected chi connectivity index (χ4v) is 2.67. The average molecular weight is 374 g/mol. The number of benzene rings is 1. The average Bonchev–Trinajstić information content (AvgIpc) is 2.43. The van der Waals surface area contributed by atoms with Gasteiger partial charge in [0.2, 0.25) is 5.91 Å². The van der Waals surface area contributed by atoms with Gasteiger partial charge in [0.05, 0.1) is 12.5 Å². The quantitative estimate of drug-likeness (QED) is 0.750. The highest BCUT2D eigenvalue weighted by Gasteiger charge is 2.25. The van der Waals surface area contributed by atoms with Crippen LogP contribution >= 0.6 is 11.6 Å². The van der Waals surface area contributed by atoms with Crippen molar-refractivity contribution in [3.05, 3.63) is 29.3 Å². The first-order valence-corrected chi connectivity index (χ1v) is 10.3. The Hall–Kier alpha value is -1.40. The summed E-state index contributed by atoms with van der Waals surface area (Å²) in [6, 6.07) is 6.18. The van der Waals surface area contributed by atoms with Crippen LogP contribution in [0.25, 0.3) is 0 Å². The van der Waals surface area contributed by atoms with E-state index < -0.39 is 17.7 Å². The van der Waals surface area contributed by atoms with Crippen LogP contribution in [0.3, 0.4) is 0 Å². The first-order valence-electron chi connectivity index (χ1n) is 7.67. The number of rotatable bonds is 6. The lowest BCUT2D eigenvalue weighted by Gasteiger charge is -2.23. The third kappa shape index (κ3) is 8.45. The molecule has 0 aliphatic carbocycles. The Balaban J connectivity index is 2.74. The van der Waals surface area contributed by atoms with Crippen LogP contribution in [0.5, 0.6) is 0 Å². The molecule has 24 heavy (non-hydrogen) atoms. The van der Waals surface area contributed by atoms with Crippen LogP contribution in [0.2, 0.25) is 5.02 Å². The first-order chi connectivity index (χ1) is 11.1. The van der Waals surface area contributed by atoms with E-state index in [1.165, 1.54) is 0 Å². The summed E-state index contributed by atoms with van der Waals surface area (Å²) >= 11 is 5.84. The van der Waals surface area contributed by atoms with Gasteiger partial charge in [-0.15, -0.1) is 0 Å². The van der Waals surface area contributed by atoms with Crippen LogP contribution in [0.15, 0.2) is 24.3 Å². The normalized spacial score (nSPS) is 12.6. The maximum Gasteiger partial charge on any atom is 0.408 e. The molecule has 134 valence electrons. The predicted molar refractivity (Wildman–Crippen MR) is 102 cm³/mol. The van der Waals surface area contributed by atoms with E-state index in [1.54, 1.807) is 45.0 Å². The van der Waals surface area contributed by atoms with Crippen LogP contribution in [0, 0.1) is 0 Å². The molecule has 0 fully saturated rings. The number of alkyl carbamates (subject to hydrolysis) is 1. The second kappa shape index (κ2) is 9.18. The lowest BCUT2D eigenvalue weighted by molar-refractivity contribution is -0.118. The van der Waals surface area contributed by atoms with Gasteiger partial charge in [0.15, 0.2) is 0 Å². The molecular formula is C17H26ClN2O3S+. The molecular weight excluding hydrogens is 348 g/mol. The van der Waals surface area contributed by atoms with Crippen molar-refractivity contribution < 1.29 is 14.3 Å². The van der Waals surface area contributed by atoms with Crippen molar-refractivity contribution >= 4 is 40.2 Å². The van der Waals surface area contributed by atoms with Crippen LogP contribution in [-0.2, 0) is 20.4 Å². The number of halogens is 1. The summed E-state index contributed by atoms with van der Waals surface area (Å²) in [6.45, 7) is 5.35. The number of carbonyl (C=O) groups is 2. The third-order valence-electron chi connectivity index (χ3n) is 2.93. The van der Waals surface area contributed by atoms with Crippen molar-refractivity contribution in [2.45, 2.75) is 38.8 Å². The van der Waals surface area contributed by atoms with Crippen molar-refractivity contribution in [1.82, 2.24) is 5.32 Å². The van der Waals surface area contributed by atoms with Gasteiger partial charge >= 0.3 is 6.09 Å². The molecule has 0 aliphatic heterocycles. The van der Waals surface area contributed by atoms with Crippen molar-refractivity contribution in [2.75, 3.05) is 23.6 Å². The fourth-order valence-electron chi connectivity index (χ4n) is 1.83. The fraction of sp³-hybridized carbons (Fsp3) is 0.529. The van der Waals surface area contributed by atoms with Gasteiger partial charge in [0.1, 0.15) is 17.4 Å². The smallest absolute Gasteiger partial charge is 0.408 e. The molecule has 2 amide bonds. The number of carbonyl (C=O) groups excluding carboxylic acids is 2. The molecule has 1 aromatic carbocycles. The third-order valence-corrected chi connectivity index (χ3v) is 4.24. The second-order valence-corrected chi connectivity index (χ2v) is 9.49. The van der Waals surface area contributed by atoms with E-state index >= 15 is 0 Å². The van der Waals surface area contributed by atoms with E-state index in [9.17, 15) is 9.59 Å². The van der Waals surface area contributed by atoms with Crippen LogP contribution in [0.1, 0.15) is 27.2 Å². The highest BCUT2D eigenvalue weighted by molar-refractivity contribution is 7.95. The number of nitrogens with one attached hydrogen (secondary N) is 2. The van der Waals surface area contributed by atoms with E-state index in [4.69, 9.17) is 16.3 Å². The zero-order chi connectivity index (χ0) is 18.3. The van der Waals surface area contributed by atoms with E-state index in [2.05, 4.69) is 23.1 Å². The molecule has 1 aromatic rings. The molecule has 0 bridgehead atoms. The highest BCUT2D eigenvalue weighted by Crippen LogP contribution is 2.14. The van der Waals surface area contributed by atoms with Crippen LogP contribution < -0.4 is 10.6 Å². The largest absolute Gasteiger partial charge is 0.444 e. The van der Waals surface area contributed by atoms with Gasteiger partial charge < -0.3 is 15.4 Å².